The van der Waals surface area contributed by atoms with E-state index in [2.05, 4.69) is 10.6 Å². The summed E-state index contributed by atoms with van der Waals surface area (Å²) in [6.45, 7) is 3.63. The molecule has 1 saturated heterocycles. The largest absolute Gasteiger partial charge is 0.480 e. The molecular weight excluding hydrogens is 236 g/mol. The molecule has 0 spiro atoms. The molecule has 0 aliphatic carbocycles. The number of carbonyl (C=O) groups excluding carboxylic acids is 1. The minimum Gasteiger partial charge on any atom is -0.480 e. The Labute approximate surface area is 106 Å². The molecule has 1 amide bonds. The van der Waals surface area contributed by atoms with E-state index >= 15 is 0 Å². The smallest absolute Gasteiger partial charge is 0.326 e. The Bertz CT molecular complexity index is 346. The van der Waals surface area contributed by atoms with Crippen LogP contribution in [0.5, 0.6) is 0 Å². The summed E-state index contributed by atoms with van der Waals surface area (Å²) in [6.07, 6.45) is 0.973. The quantitative estimate of drug-likeness (QED) is 0.437. The van der Waals surface area contributed by atoms with Crippen LogP contribution in [-0.4, -0.2) is 49.8 Å². The van der Waals surface area contributed by atoms with E-state index in [1.165, 1.54) is 0 Å². The highest BCUT2D eigenvalue weighted by atomic mass is 16.5. The first-order valence-corrected chi connectivity index (χ1v) is 5.98. The van der Waals surface area contributed by atoms with Crippen LogP contribution in [0.2, 0.25) is 0 Å². The number of rotatable bonds is 7. The second-order valence-corrected chi connectivity index (χ2v) is 4.33. The predicted octanol–water partition coefficient (Wildman–Crippen LogP) is -0.0979. The van der Waals surface area contributed by atoms with Crippen molar-refractivity contribution < 1.29 is 19.4 Å². The van der Waals surface area contributed by atoms with Gasteiger partial charge in [-0.15, -0.1) is 0 Å². The number of carboxylic acid groups (broad SMARTS) is 1. The Kier molecular flexibility index (Phi) is 5.80. The van der Waals surface area contributed by atoms with Crippen molar-refractivity contribution in [1.29, 1.82) is 0 Å². The third-order valence-corrected chi connectivity index (χ3v) is 2.99. The fraction of sp³-hybridized carbons (Fsp3) is 0.667. The molecule has 1 fully saturated rings. The van der Waals surface area contributed by atoms with Gasteiger partial charge in [-0.3, -0.25) is 4.79 Å². The van der Waals surface area contributed by atoms with Gasteiger partial charge in [0.1, 0.15) is 6.04 Å². The molecule has 1 atom stereocenters. The fourth-order valence-corrected chi connectivity index (χ4v) is 1.63. The van der Waals surface area contributed by atoms with Crippen LogP contribution in [0.15, 0.2) is 11.1 Å². The molecule has 3 N–H and O–H groups in total. The minimum absolute atomic E-state index is 0.295. The van der Waals surface area contributed by atoms with Crippen molar-refractivity contribution >= 4 is 11.9 Å². The normalized spacial score (nSPS) is 15.8. The van der Waals surface area contributed by atoms with Gasteiger partial charge in [0.05, 0.1) is 0 Å². The summed E-state index contributed by atoms with van der Waals surface area (Å²) in [7, 11) is 1.56. The maximum absolute atomic E-state index is 11.8. The molecule has 6 nitrogen and oxygen atoms in total. The van der Waals surface area contributed by atoms with Gasteiger partial charge in [-0.2, -0.15) is 0 Å². The average Bonchev–Trinajstić information content (AvgIpc) is 2.25. The van der Waals surface area contributed by atoms with Gasteiger partial charge in [-0.25, -0.2) is 4.79 Å². The second-order valence-electron chi connectivity index (χ2n) is 4.33. The van der Waals surface area contributed by atoms with E-state index in [1.54, 1.807) is 14.0 Å². The lowest BCUT2D eigenvalue weighted by atomic mass is 10.0. The van der Waals surface area contributed by atoms with Crippen LogP contribution in [0.3, 0.4) is 0 Å². The van der Waals surface area contributed by atoms with Crippen molar-refractivity contribution in [2.75, 3.05) is 26.8 Å². The number of nitrogens with one attached hydrogen (secondary N) is 2. The average molecular weight is 256 g/mol. The van der Waals surface area contributed by atoms with E-state index < -0.39 is 12.0 Å². The van der Waals surface area contributed by atoms with Crippen molar-refractivity contribution in [2.24, 2.45) is 0 Å². The summed E-state index contributed by atoms with van der Waals surface area (Å²) in [4.78, 5) is 22.9. The van der Waals surface area contributed by atoms with Crippen LogP contribution in [0.4, 0.5) is 0 Å². The van der Waals surface area contributed by atoms with Crippen LogP contribution >= 0.6 is 0 Å². The van der Waals surface area contributed by atoms with Crippen molar-refractivity contribution in [3.63, 3.8) is 0 Å². The fourth-order valence-electron chi connectivity index (χ4n) is 1.63. The number of hydrogen-bond donors (Lipinski definition) is 3. The first-order chi connectivity index (χ1) is 8.56. The summed E-state index contributed by atoms with van der Waals surface area (Å²) in [5.41, 5.74) is 1.65. The van der Waals surface area contributed by atoms with E-state index in [1.807, 2.05) is 0 Å². The lowest BCUT2D eigenvalue weighted by Gasteiger charge is -2.22. The number of ether oxygens (including phenoxy) is 1. The Morgan fingerprint density at radius 1 is 1.50 bits per heavy atom. The molecular formula is C12H20N2O4. The topological polar surface area (TPSA) is 87.7 Å². The monoisotopic (exact) mass is 256 g/mol. The third kappa shape index (κ3) is 4.12. The predicted molar refractivity (Wildman–Crippen MR) is 66.2 cm³/mol. The molecule has 0 aromatic carbocycles. The van der Waals surface area contributed by atoms with Gasteiger partial charge >= 0.3 is 5.97 Å². The maximum Gasteiger partial charge on any atom is 0.326 e. The molecule has 1 aliphatic heterocycles. The van der Waals surface area contributed by atoms with E-state index in [9.17, 15) is 9.59 Å². The zero-order valence-electron chi connectivity index (χ0n) is 10.8. The van der Waals surface area contributed by atoms with Gasteiger partial charge in [0.2, 0.25) is 5.91 Å². The third-order valence-electron chi connectivity index (χ3n) is 2.99. The molecule has 0 aromatic heterocycles. The lowest BCUT2D eigenvalue weighted by molar-refractivity contribution is -0.141. The van der Waals surface area contributed by atoms with Gasteiger partial charge in [-0.05, 0) is 25.3 Å². The maximum atomic E-state index is 11.8. The molecule has 1 aliphatic rings. The van der Waals surface area contributed by atoms with Gasteiger partial charge in [0.15, 0.2) is 0 Å². The molecule has 0 bridgehead atoms. The van der Waals surface area contributed by atoms with Crippen molar-refractivity contribution in [3.8, 4) is 0 Å². The van der Waals surface area contributed by atoms with Gasteiger partial charge < -0.3 is 20.5 Å². The van der Waals surface area contributed by atoms with Crippen molar-refractivity contribution in [1.82, 2.24) is 10.6 Å². The van der Waals surface area contributed by atoms with E-state index in [0.29, 0.717) is 38.1 Å². The Morgan fingerprint density at radius 2 is 2.17 bits per heavy atom. The van der Waals surface area contributed by atoms with Gasteiger partial charge in [-0.1, -0.05) is 0 Å². The van der Waals surface area contributed by atoms with Crippen LogP contribution in [-0.2, 0) is 14.3 Å². The highest BCUT2D eigenvalue weighted by Crippen LogP contribution is 2.09. The summed E-state index contributed by atoms with van der Waals surface area (Å²) >= 11 is 0. The van der Waals surface area contributed by atoms with E-state index in [-0.39, 0.29) is 5.91 Å². The molecule has 0 radical (unpaired) electrons. The molecule has 1 rings (SSSR count). The van der Waals surface area contributed by atoms with Crippen LogP contribution in [0.1, 0.15) is 19.8 Å². The Morgan fingerprint density at radius 3 is 2.61 bits per heavy atom. The molecule has 1 unspecified atom stereocenters. The summed E-state index contributed by atoms with van der Waals surface area (Å²) < 4.78 is 4.87. The number of carboxylic acids is 1. The number of hydrogen-bond acceptors (Lipinski definition) is 4. The zero-order valence-corrected chi connectivity index (χ0v) is 10.8. The molecule has 1 heterocycles. The highest BCUT2D eigenvalue weighted by Gasteiger charge is 2.22. The number of carbonyl (C=O) groups is 2. The van der Waals surface area contributed by atoms with Crippen molar-refractivity contribution in [3.05, 3.63) is 11.1 Å². The minimum atomic E-state index is -1.01. The number of aliphatic carboxylic acids is 1. The van der Waals surface area contributed by atoms with Crippen LogP contribution in [0.25, 0.3) is 0 Å². The van der Waals surface area contributed by atoms with Crippen LogP contribution < -0.4 is 10.6 Å². The molecule has 18 heavy (non-hydrogen) atoms. The number of methoxy groups -OCH3 is 1. The first-order valence-electron chi connectivity index (χ1n) is 5.98. The summed E-state index contributed by atoms with van der Waals surface area (Å²) in [6, 6.07) is -0.851. The zero-order chi connectivity index (χ0) is 13.5. The Balaban J connectivity index is 2.49. The standard InChI is InChI=1S/C12H20N2O4/c1-8(9-6-13-7-9)11(15)14-10(12(16)17)4-3-5-18-2/h10,13H,3-7H2,1-2H3,(H,14,15)(H,16,17). The van der Waals surface area contributed by atoms with Crippen LogP contribution in [0, 0.1) is 0 Å². The Hall–Kier alpha value is -1.40. The van der Waals surface area contributed by atoms with Gasteiger partial charge in [0.25, 0.3) is 0 Å². The lowest BCUT2D eigenvalue weighted by Crippen LogP contribution is -2.43. The van der Waals surface area contributed by atoms with E-state index in [4.69, 9.17) is 9.84 Å². The molecule has 0 saturated carbocycles. The van der Waals surface area contributed by atoms with Crippen molar-refractivity contribution in [2.45, 2.75) is 25.8 Å². The number of amides is 1. The highest BCUT2D eigenvalue weighted by molar-refractivity contribution is 5.96. The molecule has 6 heteroatoms. The first kappa shape index (κ1) is 14.7. The molecule has 0 aromatic rings. The SMILES string of the molecule is COCCCC(NC(=O)C(C)=C1CNC1)C(=O)O. The summed E-state index contributed by atoms with van der Waals surface area (Å²) in [5, 5.41) is 14.6. The van der Waals surface area contributed by atoms with Gasteiger partial charge in [0, 0.05) is 32.4 Å². The second kappa shape index (κ2) is 7.13. The summed E-state index contributed by atoms with van der Waals surface area (Å²) in [5.74, 6) is -1.31. The van der Waals surface area contributed by atoms with E-state index in [0.717, 1.165) is 5.57 Å². The molecule has 102 valence electrons.